The van der Waals surface area contributed by atoms with Crippen molar-refractivity contribution in [3.05, 3.63) is 65.9 Å². The number of piperidine rings is 1. The first-order chi connectivity index (χ1) is 15.0. The number of anilines is 1. The summed E-state index contributed by atoms with van der Waals surface area (Å²) in [6.45, 7) is 0. The molecule has 1 saturated heterocycles. The zero-order valence-corrected chi connectivity index (χ0v) is 17.4. The minimum Gasteiger partial charge on any atom is -0.497 e. The molecule has 7 nitrogen and oxygen atoms in total. The molecule has 0 radical (unpaired) electrons. The highest BCUT2D eigenvalue weighted by atomic mass is 16.5. The van der Waals surface area contributed by atoms with Crippen LogP contribution in [-0.2, 0) is 14.4 Å². The Morgan fingerprint density at radius 2 is 1.55 bits per heavy atom. The summed E-state index contributed by atoms with van der Waals surface area (Å²) in [5.74, 6) is -0.795. The second-order valence-electron chi connectivity index (χ2n) is 7.73. The van der Waals surface area contributed by atoms with E-state index in [9.17, 15) is 14.4 Å². The number of allylic oxidation sites excluding steroid dienone is 2. The van der Waals surface area contributed by atoms with Gasteiger partial charge in [-0.1, -0.05) is 18.2 Å². The molecule has 0 saturated carbocycles. The summed E-state index contributed by atoms with van der Waals surface area (Å²) in [5, 5.41) is 5.64. The molecule has 160 valence electrons. The molecule has 0 spiro atoms. The van der Waals surface area contributed by atoms with Gasteiger partial charge in [0.2, 0.25) is 11.8 Å². The molecule has 2 aromatic carbocycles. The fourth-order valence-electron chi connectivity index (χ4n) is 4.21. The molecule has 1 aliphatic carbocycles. The molecule has 2 N–H and O–H groups in total. The summed E-state index contributed by atoms with van der Waals surface area (Å²) in [6.07, 6.45) is 2.16. The van der Waals surface area contributed by atoms with E-state index in [1.54, 1.807) is 38.5 Å². The van der Waals surface area contributed by atoms with Crippen LogP contribution >= 0.6 is 0 Å². The number of ether oxygens (including phenoxy) is 2. The molecule has 0 aromatic heterocycles. The number of rotatable bonds is 5. The van der Waals surface area contributed by atoms with Crippen LogP contribution in [0.3, 0.4) is 0 Å². The van der Waals surface area contributed by atoms with Gasteiger partial charge in [0, 0.05) is 30.1 Å². The van der Waals surface area contributed by atoms with E-state index in [-0.39, 0.29) is 36.4 Å². The lowest BCUT2D eigenvalue weighted by Gasteiger charge is -2.36. The normalized spacial score (nSPS) is 22.6. The largest absolute Gasteiger partial charge is 0.497 e. The number of carbonyl (C=O) groups excluding carboxylic acids is 3. The second-order valence-corrected chi connectivity index (χ2v) is 7.73. The van der Waals surface area contributed by atoms with Crippen LogP contribution in [0.4, 0.5) is 5.69 Å². The minimum atomic E-state index is -0.744. The molecular formula is C24H24N2O5. The monoisotopic (exact) mass is 420 g/mol. The third-order valence-corrected chi connectivity index (χ3v) is 5.81. The molecule has 2 amide bonds. The van der Waals surface area contributed by atoms with E-state index in [0.29, 0.717) is 17.1 Å². The zero-order valence-electron chi connectivity index (χ0n) is 17.4. The quantitative estimate of drug-likeness (QED) is 0.776. The van der Waals surface area contributed by atoms with Crippen LogP contribution in [0.25, 0.3) is 0 Å². The van der Waals surface area contributed by atoms with Crippen molar-refractivity contribution in [3.8, 4) is 11.5 Å². The summed E-state index contributed by atoms with van der Waals surface area (Å²) in [4.78, 5) is 38.4. The number of hydrogen-bond donors (Lipinski definition) is 2. The van der Waals surface area contributed by atoms with Crippen molar-refractivity contribution < 1.29 is 23.9 Å². The highest BCUT2D eigenvalue weighted by molar-refractivity contribution is 6.02. The maximum atomic E-state index is 13.1. The maximum absolute atomic E-state index is 13.1. The van der Waals surface area contributed by atoms with Gasteiger partial charge in [-0.25, -0.2) is 0 Å². The van der Waals surface area contributed by atoms with Crippen LogP contribution < -0.4 is 20.1 Å². The van der Waals surface area contributed by atoms with Gasteiger partial charge in [0.05, 0.1) is 26.1 Å². The maximum Gasteiger partial charge on any atom is 0.229 e. The molecule has 1 fully saturated rings. The van der Waals surface area contributed by atoms with Crippen molar-refractivity contribution in [3.63, 3.8) is 0 Å². The summed E-state index contributed by atoms with van der Waals surface area (Å²) < 4.78 is 10.3. The van der Waals surface area contributed by atoms with Crippen LogP contribution in [0.15, 0.2) is 60.3 Å². The van der Waals surface area contributed by atoms with Crippen LogP contribution in [0.5, 0.6) is 11.5 Å². The number of amides is 2. The fourth-order valence-corrected chi connectivity index (χ4v) is 4.21. The predicted octanol–water partition coefficient (Wildman–Crippen LogP) is 3.04. The van der Waals surface area contributed by atoms with Crippen molar-refractivity contribution in [2.75, 3.05) is 19.5 Å². The Bertz CT molecular complexity index is 1030. The number of Topliss-reactive ketones (excluding diaryl/α,β-unsaturated/α-hetero) is 1. The van der Waals surface area contributed by atoms with Gasteiger partial charge >= 0.3 is 0 Å². The van der Waals surface area contributed by atoms with E-state index >= 15 is 0 Å². The number of fused-ring (bicyclic) bond motifs is 1. The van der Waals surface area contributed by atoms with Crippen LogP contribution in [0.1, 0.15) is 24.3 Å². The first-order valence-corrected chi connectivity index (χ1v) is 10.1. The van der Waals surface area contributed by atoms with E-state index in [1.165, 1.54) is 0 Å². The fraction of sp³-hybridized carbons (Fsp3) is 0.292. The molecule has 2 aromatic rings. The van der Waals surface area contributed by atoms with Gasteiger partial charge < -0.3 is 20.1 Å². The minimum absolute atomic E-state index is 0.0249. The molecule has 3 atom stereocenters. The summed E-state index contributed by atoms with van der Waals surface area (Å²) in [6, 6.07) is 14.4. The molecule has 7 heteroatoms. The van der Waals surface area contributed by atoms with E-state index in [0.717, 1.165) is 11.3 Å². The van der Waals surface area contributed by atoms with E-state index in [1.807, 2.05) is 30.3 Å². The Morgan fingerprint density at radius 1 is 0.935 bits per heavy atom. The highest BCUT2D eigenvalue weighted by Gasteiger charge is 2.44. The second kappa shape index (κ2) is 8.63. The first kappa shape index (κ1) is 20.7. The third-order valence-electron chi connectivity index (χ3n) is 5.81. The standard InChI is InChI=1S/C24H24N2O5/c1-30-17-7-3-14(4-8-17)15-11-20-23(21(27)12-15)19(13-22(28)26-20)24(29)25-16-5-9-18(31-2)10-6-16/h3-11,15,19,23H,12-13H2,1-2H3,(H,25,29)(H,26,28)/t15-,19-,23+/m1/s1. The average Bonchev–Trinajstić information content (AvgIpc) is 2.78. The Labute approximate surface area is 180 Å². The lowest BCUT2D eigenvalue weighted by molar-refractivity contribution is -0.136. The number of ketones is 1. The Hall–Kier alpha value is -3.61. The number of benzene rings is 2. The predicted molar refractivity (Wildman–Crippen MR) is 115 cm³/mol. The van der Waals surface area contributed by atoms with Crippen molar-refractivity contribution in [1.82, 2.24) is 5.32 Å². The van der Waals surface area contributed by atoms with Crippen molar-refractivity contribution in [1.29, 1.82) is 0 Å². The van der Waals surface area contributed by atoms with Crippen molar-refractivity contribution >= 4 is 23.3 Å². The summed E-state index contributed by atoms with van der Waals surface area (Å²) in [7, 11) is 3.16. The number of nitrogens with one attached hydrogen (secondary N) is 2. The van der Waals surface area contributed by atoms with Gasteiger partial charge in [-0.3, -0.25) is 14.4 Å². The van der Waals surface area contributed by atoms with Gasteiger partial charge in [0.25, 0.3) is 0 Å². The smallest absolute Gasteiger partial charge is 0.229 e. The molecule has 31 heavy (non-hydrogen) atoms. The van der Waals surface area contributed by atoms with Crippen LogP contribution in [-0.4, -0.2) is 31.8 Å². The topological polar surface area (TPSA) is 93.7 Å². The van der Waals surface area contributed by atoms with Gasteiger partial charge in [0.1, 0.15) is 17.3 Å². The summed E-state index contributed by atoms with van der Waals surface area (Å²) >= 11 is 0. The first-order valence-electron chi connectivity index (χ1n) is 10.1. The highest BCUT2D eigenvalue weighted by Crippen LogP contribution is 2.39. The molecule has 1 heterocycles. The number of methoxy groups -OCH3 is 2. The lowest BCUT2D eigenvalue weighted by atomic mass is 9.72. The van der Waals surface area contributed by atoms with Crippen molar-refractivity contribution in [2.45, 2.75) is 18.8 Å². The van der Waals surface area contributed by atoms with Gasteiger partial charge in [0.15, 0.2) is 0 Å². The molecular weight excluding hydrogens is 396 g/mol. The molecule has 0 unspecified atom stereocenters. The lowest BCUT2D eigenvalue weighted by Crippen LogP contribution is -2.48. The summed E-state index contributed by atoms with van der Waals surface area (Å²) in [5.41, 5.74) is 2.06. The number of hydrogen-bond acceptors (Lipinski definition) is 5. The van der Waals surface area contributed by atoms with E-state index in [4.69, 9.17) is 9.47 Å². The van der Waals surface area contributed by atoms with E-state index in [2.05, 4.69) is 10.6 Å². The van der Waals surface area contributed by atoms with E-state index < -0.39 is 11.8 Å². The molecule has 0 bridgehead atoms. The van der Waals surface area contributed by atoms with Gasteiger partial charge in [-0.2, -0.15) is 0 Å². The molecule has 1 aliphatic heterocycles. The Balaban J connectivity index is 1.56. The molecule has 2 aliphatic rings. The average molecular weight is 420 g/mol. The van der Waals surface area contributed by atoms with Crippen LogP contribution in [0.2, 0.25) is 0 Å². The van der Waals surface area contributed by atoms with Gasteiger partial charge in [-0.15, -0.1) is 0 Å². The van der Waals surface area contributed by atoms with Crippen LogP contribution in [0, 0.1) is 11.8 Å². The third kappa shape index (κ3) is 4.30. The number of carbonyl (C=O) groups is 3. The van der Waals surface area contributed by atoms with Crippen molar-refractivity contribution in [2.24, 2.45) is 11.8 Å². The van der Waals surface area contributed by atoms with Gasteiger partial charge in [-0.05, 0) is 42.0 Å². The SMILES string of the molecule is COc1ccc(NC(=O)[C@@H]2CC(=O)NC3=C[C@@H](c4ccc(OC)cc4)CC(=O)[C@H]32)cc1. The molecule has 4 rings (SSSR count). The Kier molecular flexibility index (Phi) is 5.75. The zero-order chi connectivity index (χ0) is 22.0. The Morgan fingerprint density at radius 3 is 2.16 bits per heavy atom.